The SMILES string of the molecule is C1=C[C@H]2Cc3ccnc(c31)O2. The van der Waals surface area contributed by atoms with Crippen molar-refractivity contribution < 1.29 is 4.74 Å². The third kappa shape index (κ3) is 0.589. The fourth-order valence-electron chi connectivity index (χ4n) is 1.65. The van der Waals surface area contributed by atoms with Crippen molar-refractivity contribution in [1.29, 1.82) is 0 Å². The molecular weight excluding hydrogens is 138 g/mol. The van der Waals surface area contributed by atoms with Crippen LogP contribution in [0.15, 0.2) is 18.3 Å². The van der Waals surface area contributed by atoms with Gasteiger partial charge in [0.05, 0.1) is 0 Å². The van der Waals surface area contributed by atoms with Gasteiger partial charge in [-0.1, -0.05) is 0 Å². The molecule has 0 N–H and O–H groups in total. The van der Waals surface area contributed by atoms with Gasteiger partial charge < -0.3 is 4.74 Å². The summed E-state index contributed by atoms with van der Waals surface area (Å²) in [5.41, 5.74) is 2.55. The van der Waals surface area contributed by atoms with Gasteiger partial charge in [0.2, 0.25) is 5.88 Å². The van der Waals surface area contributed by atoms with Gasteiger partial charge in [0.1, 0.15) is 6.10 Å². The number of ether oxygens (including phenoxy) is 1. The summed E-state index contributed by atoms with van der Waals surface area (Å²) in [5, 5.41) is 0. The molecular formula is C9H7NO. The molecule has 0 saturated carbocycles. The van der Waals surface area contributed by atoms with Crippen LogP contribution in [0.2, 0.25) is 0 Å². The largest absolute Gasteiger partial charge is 0.469 e. The minimum absolute atomic E-state index is 0.242. The molecule has 1 aromatic rings. The van der Waals surface area contributed by atoms with E-state index in [4.69, 9.17) is 4.74 Å². The van der Waals surface area contributed by atoms with Gasteiger partial charge >= 0.3 is 0 Å². The Balaban J connectivity index is 2.40. The lowest BCUT2D eigenvalue weighted by molar-refractivity contribution is 0.224. The number of pyridine rings is 1. The second-order valence-electron chi connectivity index (χ2n) is 2.91. The first kappa shape index (κ1) is 5.35. The molecule has 0 saturated heterocycles. The molecule has 54 valence electrons. The maximum atomic E-state index is 5.51. The van der Waals surface area contributed by atoms with E-state index in [1.807, 2.05) is 6.20 Å². The maximum absolute atomic E-state index is 5.51. The standard InChI is InChI=1S/C9H7NO/c1-2-8-6-3-4-10-9(8)11-7(1)5-6/h1-4,7H,5H2/t7-/m0/s1. The fourth-order valence-corrected chi connectivity index (χ4v) is 1.65. The highest BCUT2D eigenvalue weighted by molar-refractivity contribution is 5.64. The second kappa shape index (κ2) is 1.64. The Labute approximate surface area is 64.5 Å². The molecule has 0 unspecified atom stereocenters. The summed E-state index contributed by atoms with van der Waals surface area (Å²) in [5.74, 6) is 0.807. The van der Waals surface area contributed by atoms with Crippen LogP contribution >= 0.6 is 0 Å². The van der Waals surface area contributed by atoms with Gasteiger partial charge in [0.25, 0.3) is 0 Å². The molecule has 1 aromatic heterocycles. The lowest BCUT2D eigenvalue weighted by atomic mass is 9.94. The number of hydrogen-bond acceptors (Lipinski definition) is 2. The Bertz CT molecular complexity index is 319. The van der Waals surface area contributed by atoms with E-state index in [-0.39, 0.29) is 6.10 Å². The number of hydrogen-bond donors (Lipinski definition) is 0. The van der Waals surface area contributed by atoms with Crippen molar-refractivity contribution in [1.82, 2.24) is 4.98 Å². The molecule has 4 rings (SSSR count). The minimum atomic E-state index is 0.242. The lowest BCUT2D eigenvalue weighted by Crippen LogP contribution is -2.26. The molecule has 0 amide bonds. The maximum Gasteiger partial charge on any atom is 0.221 e. The zero-order valence-electron chi connectivity index (χ0n) is 5.95. The van der Waals surface area contributed by atoms with Crippen LogP contribution in [-0.4, -0.2) is 11.1 Å². The van der Waals surface area contributed by atoms with Crippen LogP contribution in [0.1, 0.15) is 11.1 Å². The summed E-state index contributed by atoms with van der Waals surface area (Å²) in [6.07, 6.45) is 7.27. The molecule has 2 heteroatoms. The van der Waals surface area contributed by atoms with Crippen molar-refractivity contribution in [3.63, 3.8) is 0 Å². The van der Waals surface area contributed by atoms with Gasteiger partial charge in [-0.2, -0.15) is 0 Å². The number of rotatable bonds is 0. The topological polar surface area (TPSA) is 22.1 Å². The van der Waals surface area contributed by atoms with Gasteiger partial charge in [-0.05, 0) is 23.8 Å². The van der Waals surface area contributed by atoms with Crippen molar-refractivity contribution in [2.45, 2.75) is 12.5 Å². The fraction of sp³-hybridized carbons (Fsp3) is 0.222. The van der Waals surface area contributed by atoms with E-state index in [1.54, 1.807) is 0 Å². The van der Waals surface area contributed by atoms with Crippen molar-refractivity contribution in [2.24, 2.45) is 0 Å². The molecule has 3 aliphatic rings. The van der Waals surface area contributed by atoms with Crippen molar-refractivity contribution >= 4 is 6.08 Å². The number of aromatic nitrogens is 1. The van der Waals surface area contributed by atoms with Crippen LogP contribution in [0.25, 0.3) is 6.08 Å². The van der Waals surface area contributed by atoms with Crippen LogP contribution in [-0.2, 0) is 6.42 Å². The molecule has 4 bridgehead atoms. The summed E-state index contributed by atoms with van der Waals surface area (Å²) >= 11 is 0. The van der Waals surface area contributed by atoms with E-state index in [0.29, 0.717) is 0 Å². The Kier molecular flexibility index (Phi) is 0.799. The summed E-state index contributed by atoms with van der Waals surface area (Å²) in [6.45, 7) is 0. The van der Waals surface area contributed by atoms with Crippen molar-refractivity contribution in [3.8, 4) is 5.88 Å². The summed E-state index contributed by atoms with van der Waals surface area (Å²) in [4.78, 5) is 4.14. The first-order valence-corrected chi connectivity index (χ1v) is 3.76. The molecule has 1 aliphatic carbocycles. The van der Waals surface area contributed by atoms with Gasteiger partial charge in [0, 0.05) is 18.2 Å². The molecule has 0 spiro atoms. The Morgan fingerprint density at radius 2 is 2.55 bits per heavy atom. The van der Waals surface area contributed by atoms with E-state index in [9.17, 15) is 0 Å². The van der Waals surface area contributed by atoms with Crippen molar-refractivity contribution in [3.05, 3.63) is 29.5 Å². The molecule has 1 atom stereocenters. The van der Waals surface area contributed by atoms with Crippen LogP contribution in [0.3, 0.4) is 0 Å². The van der Waals surface area contributed by atoms with E-state index < -0.39 is 0 Å². The van der Waals surface area contributed by atoms with Crippen LogP contribution in [0.4, 0.5) is 0 Å². The summed E-state index contributed by atoms with van der Waals surface area (Å²) < 4.78 is 5.51. The van der Waals surface area contributed by atoms with Crippen molar-refractivity contribution in [2.75, 3.05) is 0 Å². The Morgan fingerprint density at radius 1 is 1.55 bits per heavy atom. The van der Waals surface area contributed by atoms with Gasteiger partial charge in [-0.3, -0.25) is 0 Å². The average Bonchev–Trinajstić information content (AvgIpc) is 2.05. The Hall–Kier alpha value is -1.31. The first-order chi connectivity index (χ1) is 5.43. The quantitative estimate of drug-likeness (QED) is 0.550. The van der Waals surface area contributed by atoms with Crippen LogP contribution in [0.5, 0.6) is 5.88 Å². The molecule has 11 heavy (non-hydrogen) atoms. The first-order valence-electron chi connectivity index (χ1n) is 3.76. The summed E-state index contributed by atoms with van der Waals surface area (Å²) in [6, 6.07) is 2.07. The Morgan fingerprint density at radius 3 is 3.27 bits per heavy atom. The van der Waals surface area contributed by atoms with Gasteiger partial charge in [0.15, 0.2) is 0 Å². The van der Waals surface area contributed by atoms with Crippen LogP contribution < -0.4 is 4.74 Å². The molecule has 0 aromatic carbocycles. The summed E-state index contributed by atoms with van der Waals surface area (Å²) in [7, 11) is 0. The van der Waals surface area contributed by atoms with E-state index in [2.05, 4.69) is 23.2 Å². The molecule has 0 radical (unpaired) electrons. The minimum Gasteiger partial charge on any atom is -0.469 e. The predicted molar refractivity (Wildman–Crippen MR) is 41.4 cm³/mol. The lowest BCUT2D eigenvalue weighted by Gasteiger charge is -2.27. The van der Waals surface area contributed by atoms with E-state index in [1.165, 1.54) is 11.1 Å². The van der Waals surface area contributed by atoms with Gasteiger partial charge in [-0.25, -0.2) is 4.98 Å². The third-order valence-corrected chi connectivity index (χ3v) is 2.21. The third-order valence-electron chi connectivity index (χ3n) is 2.21. The highest BCUT2D eigenvalue weighted by Crippen LogP contribution is 2.33. The highest BCUT2D eigenvalue weighted by atomic mass is 16.5. The molecule has 0 fully saturated rings. The molecule has 2 aliphatic heterocycles. The zero-order chi connectivity index (χ0) is 7.26. The molecule has 3 heterocycles. The number of nitrogens with zero attached hydrogens (tertiary/aromatic N) is 1. The van der Waals surface area contributed by atoms with E-state index in [0.717, 1.165) is 12.3 Å². The van der Waals surface area contributed by atoms with Gasteiger partial charge in [-0.15, -0.1) is 0 Å². The highest BCUT2D eigenvalue weighted by Gasteiger charge is 2.25. The van der Waals surface area contributed by atoms with Crippen LogP contribution in [0, 0.1) is 0 Å². The zero-order valence-corrected chi connectivity index (χ0v) is 5.95. The predicted octanol–water partition coefficient (Wildman–Crippen LogP) is 1.41. The normalized spacial score (nSPS) is 23.5. The smallest absolute Gasteiger partial charge is 0.221 e. The van der Waals surface area contributed by atoms with E-state index >= 15 is 0 Å². The molecule has 2 nitrogen and oxygen atoms in total. The monoisotopic (exact) mass is 145 g/mol. The second-order valence-corrected chi connectivity index (χ2v) is 2.91. The average molecular weight is 145 g/mol.